The predicted octanol–water partition coefficient (Wildman–Crippen LogP) is -1.12. The van der Waals surface area contributed by atoms with Gasteiger partial charge in [0, 0.05) is 6.04 Å². The molecule has 1 aromatic rings. The van der Waals surface area contributed by atoms with Gasteiger partial charge < -0.3 is 5.32 Å². The van der Waals surface area contributed by atoms with Crippen molar-refractivity contribution in [3.63, 3.8) is 0 Å². The van der Waals surface area contributed by atoms with E-state index in [1.165, 1.54) is 4.80 Å². The van der Waals surface area contributed by atoms with Gasteiger partial charge in [0.15, 0.2) is 15.7 Å². The van der Waals surface area contributed by atoms with Crippen LogP contribution in [-0.4, -0.2) is 46.2 Å². The summed E-state index contributed by atoms with van der Waals surface area (Å²) in [5, 5.41) is 14.7. The van der Waals surface area contributed by atoms with Crippen LogP contribution >= 0.6 is 0 Å². The van der Waals surface area contributed by atoms with Gasteiger partial charge in [0.1, 0.15) is 0 Å². The molecule has 1 saturated heterocycles. The van der Waals surface area contributed by atoms with E-state index in [2.05, 4.69) is 20.7 Å². The highest BCUT2D eigenvalue weighted by atomic mass is 32.2. The summed E-state index contributed by atoms with van der Waals surface area (Å²) in [7, 11) is -1.16. The summed E-state index contributed by atoms with van der Waals surface area (Å²) in [6.45, 7) is 0.466. The normalized spacial score (nSPS) is 24.4. The Hall–Kier alpha value is -1.02. The lowest BCUT2D eigenvalue weighted by atomic mass is 10.2. The minimum atomic E-state index is -2.86. The van der Waals surface area contributed by atoms with Crippen molar-refractivity contribution in [2.45, 2.75) is 25.4 Å². The van der Waals surface area contributed by atoms with Gasteiger partial charge in [-0.1, -0.05) is 0 Å². The van der Waals surface area contributed by atoms with E-state index < -0.39 is 9.84 Å². The van der Waals surface area contributed by atoms with Gasteiger partial charge in [-0.15, -0.1) is 10.2 Å². The molecule has 0 radical (unpaired) electrons. The molecular formula is C8H15N5O2S. The van der Waals surface area contributed by atoms with Crippen molar-refractivity contribution in [3.05, 3.63) is 5.82 Å². The molecule has 1 aromatic heterocycles. The number of tetrazole rings is 1. The molecule has 1 atom stereocenters. The summed E-state index contributed by atoms with van der Waals surface area (Å²) in [6, 6.07) is 0.0163. The van der Waals surface area contributed by atoms with E-state index in [1.807, 2.05) is 0 Å². The Balaban J connectivity index is 1.86. The summed E-state index contributed by atoms with van der Waals surface area (Å²) in [4.78, 5) is 1.38. The average Bonchev–Trinajstić information content (AvgIpc) is 2.60. The van der Waals surface area contributed by atoms with Crippen LogP contribution in [0, 0.1) is 0 Å². The van der Waals surface area contributed by atoms with Crippen molar-refractivity contribution in [3.8, 4) is 0 Å². The van der Waals surface area contributed by atoms with Crippen LogP contribution in [0.5, 0.6) is 0 Å². The molecule has 0 spiro atoms. The molecule has 0 amide bonds. The van der Waals surface area contributed by atoms with Crippen molar-refractivity contribution < 1.29 is 8.42 Å². The molecule has 1 N–H and O–H groups in total. The minimum absolute atomic E-state index is 0.0163. The summed E-state index contributed by atoms with van der Waals surface area (Å²) in [6.07, 6.45) is 1.62. The molecule has 1 aliphatic heterocycles. The minimum Gasteiger partial charge on any atom is -0.306 e. The predicted molar refractivity (Wildman–Crippen MR) is 57.3 cm³/mol. The number of aromatic nitrogens is 4. The Morgan fingerprint density at radius 3 is 3.00 bits per heavy atom. The lowest BCUT2D eigenvalue weighted by molar-refractivity contribution is 0.473. The third-order valence-corrected chi connectivity index (χ3v) is 4.38. The van der Waals surface area contributed by atoms with E-state index >= 15 is 0 Å². The number of hydrogen-bond donors (Lipinski definition) is 1. The van der Waals surface area contributed by atoms with Crippen LogP contribution in [0.15, 0.2) is 0 Å². The second-order valence-electron chi connectivity index (χ2n) is 4.03. The maximum Gasteiger partial charge on any atom is 0.188 e. The Morgan fingerprint density at radius 2 is 2.38 bits per heavy atom. The van der Waals surface area contributed by atoms with E-state index in [-0.39, 0.29) is 11.8 Å². The van der Waals surface area contributed by atoms with E-state index in [0.717, 1.165) is 12.8 Å². The molecule has 0 aliphatic carbocycles. The fourth-order valence-electron chi connectivity index (χ4n) is 1.81. The Labute approximate surface area is 94.1 Å². The zero-order valence-corrected chi connectivity index (χ0v) is 9.94. The summed E-state index contributed by atoms with van der Waals surface area (Å²) in [5.41, 5.74) is 0. The molecule has 0 aromatic carbocycles. The molecule has 7 nitrogen and oxygen atoms in total. The Morgan fingerprint density at radius 1 is 1.56 bits per heavy atom. The molecule has 0 bridgehead atoms. The number of hydrogen-bond acceptors (Lipinski definition) is 6. The Kier molecular flexibility index (Phi) is 3.20. The molecule has 1 unspecified atom stereocenters. The van der Waals surface area contributed by atoms with E-state index in [0.29, 0.717) is 18.1 Å². The number of aryl methyl sites for hydroxylation is 1. The van der Waals surface area contributed by atoms with Crippen LogP contribution in [0.3, 0.4) is 0 Å². The fraction of sp³-hybridized carbons (Fsp3) is 0.875. The zero-order chi connectivity index (χ0) is 11.6. The monoisotopic (exact) mass is 245 g/mol. The summed E-state index contributed by atoms with van der Waals surface area (Å²) >= 11 is 0. The molecule has 2 heterocycles. The van der Waals surface area contributed by atoms with Crippen LogP contribution in [0.1, 0.15) is 18.7 Å². The fourth-order valence-corrected chi connectivity index (χ4v) is 3.48. The largest absolute Gasteiger partial charge is 0.306 e. The highest BCUT2D eigenvalue weighted by Gasteiger charge is 2.24. The number of nitrogens with one attached hydrogen (secondary N) is 1. The van der Waals surface area contributed by atoms with E-state index in [9.17, 15) is 8.42 Å². The lowest BCUT2D eigenvalue weighted by Gasteiger charge is -2.22. The van der Waals surface area contributed by atoms with Crippen molar-refractivity contribution in [2.24, 2.45) is 7.05 Å². The first-order chi connectivity index (χ1) is 7.55. The van der Waals surface area contributed by atoms with Crippen LogP contribution in [0.2, 0.25) is 0 Å². The lowest BCUT2D eigenvalue weighted by Crippen LogP contribution is -2.39. The van der Waals surface area contributed by atoms with Gasteiger partial charge in [-0.25, -0.2) is 8.42 Å². The molecule has 1 fully saturated rings. The van der Waals surface area contributed by atoms with Gasteiger partial charge in [-0.2, -0.15) is 4.80 Å². The number of sulfone groups is 1. The highest BCUT2D eigenvalue weighted by molar-refractivity contribution is 7.91. The van der Waals surface area contributed by atoms with Gasteiger partial charge >= 0.3 is 0 Å². The van der Waals surface area contributed by atoms with E-state index in [4.69, 9.17) is 0 Å². The van der Waals surface area contributed by atoms with Gasteiger partial charge in [0.05, 0.1) is 25.1 Å². The van der Waals surface area contributed by atoms with Crippen molar-refractivity contribution in [2.75, 3.05) is 11.5 Å². The van der Waals surface area contributed by atoms with Gasteiger partial charge in [-0.05, 0) is 18.1 Å². The first-order valence-corrected chi connectivity index (χ1v) is 7.04. The summed E-state index contributed by atoms with van der Waals surface area (Å²) < 4.78 is 22.8. The van der Waals surface area contributed by atoms with E-state index in [1.54, 1.807) is 7.05 Å². The number of nitrogens with zero attached hydrogens (tertiary/aromatic N) is 4. The molecular weight excluding hydrogens is 230 g/mol. The average molecular weight is 245 g/mol. The third-order valence-electron chi connectivity index (χ3n) is 2.56. The van der Waals surface area contributed by atoms with Crippen LogP contribution in [-0.2, 0) is 23.4 Å². The quantitative estimate of drug-likeness (QED) is 0.725. The molecule has 8 heteroatoms. The van der Waals surface area contributed by atoms with Crippen LogP contribution in [0.4, 0.5) is 0 Å². The standard InChI is InChI=1S/C8H15N5O2S/c1-13-11-8(10-12-13)5-9-7-3-2-4-16(14,15)6-7/h7,9H,2-6H2,1H3. The first-order valence-electron chi connectivity index (χ1n) is 5.22. The van der Waals surface area contributed by atoms with Crippen molar-refractivity contribution in [1.29, 1.82) is 0 Å². The zero-order valence-electron chi connectivity index (χ0n) is 9.13. The molecule has 1 aliphatic rings. The SMILES string of the molecule is Cn1nnc(CNC2CCCS(=O)(=O)C2)n1. The molecule has 0 saturated carbocycles. The maximum absolute atomic E-state index is 11.4. The highest BCUT2D eigenvalue weighted by Crippen LogP contribution is 2.12. The van der Waals surface area contributed by atoms with Crippen LogP contribution in [0.25, 0.3) is 0 Å². The van der Waals surface area contributed by atoms with Gasteiger partial charge in [-0.3, -0.25) is 0 Å². The smallest absolute Gasteiger partial charge is 0.188 e. The summed E-state index contributed by atoms with van der Waals surface area (Å²) in [5.74, 6) is 1.12. The molecule has 16 heavy (non-hydrogen) atoms. The second-order valence-corrected chi connectivity index (χ2v) is 6.26. The topological polar surface area (TPSA) is 89.8 Å². The Bertz CT molecular complexity index is 455. The second kappa shape index (κ2) is 4.46. The van der Waals surface area contributed by atoms with Gasteiger partial charge in [0.25, 0.3) is 0 Å². The molecule has 90 valence electrons. The third kappa shape index (κ3) is 2.99. The van der Waals surface area contributed by atoms with Gasteiger partial charge in [0.2, 0.25) is 0 Å². The van der Waals surface area contributed by atoms with Crippen molar-refractivity contribution in [1.82, 2.24) is 25.5 Å². The molecule has 2 rings (SSSR count). The van der Waals surface area contributed by atoms with Crippen molar-refractivity contribution >= 4 is 9.84 Å². The maximum atomic E-state index is 11.4. The number of rotatable bonds is 3. The first kappa shape index (κ1) is 11.5. The van der Waals surface area contributed by atoms with Crippen LogP contribution < -0.4 is 5.32 Å².